The average molecular weight is 363 g/mol. The van der Waals surface area contributed by atoms with Crippen LogP contribution in [-0.4, -0.2) is 21.6 Å². The summed E-state index contributed by atoms with van der Waals surface area (Å²) >= 11 is 1.48. The molecule has 26 heavy (non-hydrogen) atoms. The summed E-state index contributed by atoms with van der Waals surface area (Å²) in [4.78, 5) is 14.4. The SMILES string of the molecule is Cc1cccc(OCCn2nnc3sc(-c4ccccc4)cc3c2=O)c1. The number of nitrogens with zero attached hydrogens (tertiary/aromatic N) is 3. The van der Waals surface area contributed by atoms with E-state index in [0.29, 0.717) is 23.4 Å². The van der Waals surface area contributed by atoms with E-state index in [9.17, 15) is 4.79 Å². The van der Waals surface area contributed by atoms with Gasteiger partial charge in [0.2, 0.25) is 0 Å². The van der Waals surface area contributed by atoms with Gasteiger partial charge >= 0.3 is 0 Å². The van der Waals surface area contributed by atoms with E-state index in [1.165, 1.54) is 16.0 Å². The number of aromatic nitrogens is 3. The lowest BCUT2D eigenvalue weighted by molar-refractivity contribution is 0.285. The van der Waals surface area contributed by atoms with Crippen LogP contribution < -0.4 is 10.3 Å². The Balaban J connectivity index is 1.55. The summed E-state index contributed by atoms with van der Waals surface area (Å²) in [6, 6.07) is 19.7. The fourth-order valence-corrected chi connectivity index (χ4v) is 3.70. The Labute approximate surface area is 154 Å². The zero-order chi connectivity index (χ0) is 17.9. The van der Waals surface area contributed by atoms with Gasteiger partial charge in [-0.25, -0.2) is 4.68 Å². The highest BCUT2D eigenvalue weighted by Crippen LogP contribution is 2.30. The van der Waals surface area contributed by atoms with Crippen LogP contribution in [0, 0.1) is 6.92 Å². The van der Waals surface area contributed by atoms with Gasteiger partial charge in [0, 0.05) is 4.88 Å². The summed E-state index contributed by atoms with van der Waals surface area (Å²) in [6.07, 6.45) is 0. The maximum atomic E-state index is 12.7. The molecule has 2 aromatic carbocycles. The Hall–Kier alpha value is -2.99. The van der Waals surface area contributed by atoms with Crippen LogP contribution in [0.4, 0.5) is 0 Å². The first-order valence-electron chi connectivity index (χ1n) is 8.33. The van der Waals surface area contributed by atoms with Crippen molar-refractivity contribution in [2.75, 3.05) is 6.61 Å². The second-order valence-corrected chi connectivity index (χ2v) is 7.01. The minimum absolute atomic E-state index is 0.138. The van der Waals surface area contributed by atoms with Gasteiger partial charge in [-0.2, -0.15) is 0 Å². The van der Waals surface area contributed by atoms with Gasteiger partial charge in [0.1, 0.15) is 12.4 Å². The summed E-state index contributed by atoms with van der Waals surface area (Å²) in [5, 5.41) is 8.85. The first-order valence-corrected chi connectivity index (χ1v) is 9.14. The monoisotopic (exact) mass is 363 g/mol. The molecule has 2 aromatic heterocycles. The van der Waals surface area contributed by atoms with E-state index >= 15 is 0 Å². The van der Waals surface area contributed by atoms with E-state index in [0.717, 1.165) is 21.8 Å². The number of aryl methyl sites for hydroxylation is 1. The van der Waals surface area contributed by atoms with Crippen LogP contribution in [0.2, 0.25) is 0 Å². The van der Waals surface area contributed by atoms with E-state index < -0.39 is 0 Å². The standard InChI is InChI=1S/C20H17N3O2S/c1-14-6-5-9-16(12-14)25-11-10-23-20(24)17-13-18(26-19(17)21-22-23)15-7-3-2-4-8-15/h2-9,12-13H,10-11H2,1H3. The maximum absolute atomic E-state index is 12.7. The molecular weight excluding hydrogens is 346 g/mol. The summed E-state index contributed by atoms with van der Waals surface area (Å²) in [5.74, 6) is 0.786. The number of thiophene rings is 1. The second kappa shape index (κ2) is 7.09. The Bertz CT molecular complexity index is 1100. The zero-order valence-electron chi connectivity index (χ0n) is 14.3. The van der Waals surface area contributed by atoms with E-state index in [4.69, 9.17) is 4.74 Å². The molecule has 0 fully saturated rings. The van der Waals surface area contributed by atoms with E-state index in [2.05, 4.69) is 10.3 Å². The number of hydrogen-bond acceptors (Lipinski definition) is 5. The normalized spacial score (nSPS) is 11.0. The van der Waals surface area contributed by atoms with Gasteiger partial charge in [-0.15, -0.1) is 16.4 Å². The van der Waals surface area contributed by atoms with Crippen LogP contribution in [0.5, 0.6) is 5.75 Å². The van der Waals surface area contributed by atoms with Crippen molar-refractivity contribution in [3.63, 3.8) is 0 Å². The fourth-order valence-electron chi connectivity index (χ4n) is 2.73. The highest BCUT2D eigenvalue weighted by molar-refractivity contribution is 7.21. The Morgan fingerprint density at radius 2 is 1.92 bits per heavy atom. The smallest absolute Gasteiger partial charge is 0.278 e. The maximum Gasteiger partial charge on any atom is 0.278 e. The van der Waals surface area contributed by atoms with Crippen molar-refractivity contribution >= 4 is 21.6 Å². The van der Waals surface area contributed by atoms with Crippen LogP contribution in [0.3, 0.4) is 0 Å². The molecule has 0 aliphatic heterocycles. The largest absolute Gasteiger partial charge is 0.492 e. The lowest BCUT2D eigenvalue weighted by atomic mass is 10.2. The predicted molar refractivity (Wildman–Crippen MR) is 104 cm³/mol. The van der Waals surface area contributed by atoms with Crippen LogP contribution in [-0.2, 0) is 6.54 Å². The molecule has 0 N–H and O–H groups in total. The van der Waals surface area contributed by atoms with Crippen molar-refractivity contribution in [2.24, 2.45) is 0 Å². The first kappa shape index (κ1) is 16.5. The molecule has 4 rings (SSSR count). The van der Waals surface area contributed by atoms with E-state index in [1.807, 2.05) is 67.6 Å². The molecule has 0 aliphatic rings. The Morgan fingerprint density at radius 1 is 1.08 bits per heavy atom. The molecule has 0 amide bonds. The van der Waals surface area contributed by atoms with Gasteiger partial charge in [0.15, 0.2) is 4.83 Å². The molecule has 0 aliphatic carbocycles. The molecule has 0 unspecified atom stereocenters. The summed E-state index contributed by atoms with van der Waals surface area (Å²) < 4.78 is 7.07. The molecule has 0 spiro atoms. The van der Waals surface area contributed by atoms with Crippen LogP contribution >= 0.6 is 11.3 Å². The molecule has 0 saturated heterocycles. The van der Waals surface area contributed by atoms with Gasteiger partial charge in [-0.1, -0.05) is 47.7 Å². The van der Waals surface area contributed by atoms with E-state index in [-0.39, 0.29) is 5.56 Å². The van der Waals surface area contributed by atoms with Gasteiger partial charge < -0.3 is 4.74 Å². The van der Waals surface area contributed by atoms with Gasteiger partial charge in [0.05, 0.1) is 11.9 Å². The molecule has 4 aromatic rings. The zero-order valence-corrected chi connectivity index (χ0v) is 15.1. The minimum atomic E-state index is -0.138. The average Bonchev–Trinajstić information content (AvgIpc) is 3.10. The topological polar surface area (TPSA) is 57.0 Å². The van der Waals surface area contributed by atoms with Crippen LogP contribution in [0.1, 0.15) is 5.56 Å². The van der Waals surface area contributed by atoms with Crippen molar-refractivity contribution < 1.29 is 4.74 Å². The third-order valence-corrected chi connectivity index (χ3v) is 5.11. The Kier molecular flexibility index (Phi) is 4.50. The number of rotatable bonds is 5. The molecule has 6 heteroatoms. The Morgan fingerprint density at radius 3 is 2.73 bits per heavy atom. The molecule has 130 valence electrons. The van der Waals surface area contributed by atoms with Crippen molar-refractivity contribution in [3.8, 4) is 16.2 Å². The van der Waals surface area contributed by atoms with Crippen molar-refractivity contribution in [1.82, 2.24) is 15.0 Å². The molecule has 5 nitrogen and oxygen atoms in total. The highest BCUT2D eigenvalue weighted by Gasteiger charge is 2.11. The quantitative estimate of drug-likeness (QED) is 0.539. The predicted octanol–water partition coefficient (Wildman–Crippen LogP) is 3.91. The molecular formula is C20H17N3O2S. The van der Waals surface area contributed by atoms with Crippen molar-refractivity contribution in [1.29, 1.82) is 0 Å². The second-order valence-electron chi connectivity index (χ2n) is 5.98. The lowest BCUT2D eigenvalue weighted by Crippen LogP contribution is -2.26. The molecule has 0 bridgehead atoms. The minimum Gasteiger partial charge on any atom is -0.492 e. The van der Waals surface area contributed by atoms with E-state index in [1.54, 1.807) is 0 Å². The summed E-state index contributed by atoms with van der Waals surface area (Å²) in [5.41, 5.74) is 2.07. The summed E-state index contributed by atoms with van der Waals surface area (Å²) in [6.45, 7) is 2.73. The van der Waals surface area contributed by atoms with Gasteiger partial charge in [-0.3, -0.25) is 4.79 Å². The van der Waals surface area contributed by atoms with Crippen molar-refractivity contribution in [3.05, 3.63) is 76.6 Å². The highest BCUT2D eigenvalue weighted by atomic mass is 32.1. The van der Waals surface area contributed by atoms with Gasteiger partial charge in [-0.05, 0) is 36.2 Å². The molecule has 2 heterocycles. The van der Waals surface area contributed by atoms with Crippen LogP contribution in [0.25, 0.3) is 20.7 Å². The fraction of sp³-hybridized carbons (Fsp3) is 0.150. The molecule has 0 saturated carbocycles. The third kappa shape index (κ3) is 3.36. The number of hydrogen-bond donors (Lipinski definition) is 0. The van der Waals surface area contributed by atoms with Crippen molar-refractivity contribution in [2.45, 2.75) is 13.5 Å². The molecule has 0 atom stereocenters. The summed E-state index contributed by atoms with van der Waals surface area (Å²) in [7, 11) is 0. The number of benzene rings is 2. The van der Waals surface area contributed by atoms with Gasteiger partial charge in [0.25, 0.3) is 5.56 Å². The molecule has 0 radical (unpaired) electrons. The number of fused-ring (bicyclic) bond motifs is 1. The lowest BCUT2D eigenvalue weighted by Gasteiger charge is -2.07. The third-order valence-electron chi connectivity index (χ3n) is 4.04. The number of ether oxygens (including phenoxy) is 1. The first-order chi connectivity index (χ1) is 12.7. The van der Waals surface area contributed by atoms with Crippen LogP contribution in [0.15, 0.2) is 65.5 Å².